The van der Waals surface area contributed by atoms with Gasteiger partial charge in [0.1, 0.15) is 16.5 Å². The molecule has 0 spiro atoms. The minimum Gasteiger partial charge on any atom is -0.362 e. The molecule has 1 aliphatic rings. The van der Waals surface area contributed by atoms with E-state index in [-0.39, 0.29) is 10.8 Å². The van der Waals surface area contributed by atoms with Gasteiger partial charge in [0.15, 0.2) is 0 Å². The number of hydrogen-bond donors (Lipinski definition) is 1. The number of anilines is 1. The Bertz CT molecular complexity index is 1090. The molecule has 2 aromatic heterocycles. The Morgan fingerprint density at radius 3 is 2.93 bits per heavy atom. The predicted octanol–water partition coefficient (Wildman–Crippen LogP) is 1.83. The molecule has 0 fully saturated rings. The summed E-state index contributed by atoms with van der Waals surface area (Å²) in [6.07, 6.45) is 2.25. The van der Waals surface area contributed by atoms with Crippen LogP contribution in [0.5, 0.6) is 0 Å². The highest BCUT2D eigenvalue weighted by Gasteiger charge is 2.25. The fraction of sp³-hybridized carbons (Fsp3) is 0.368. The van der Waals surface area contributed by atoms with Crippen LogP contribution < -0.4 is 10.5 Å². The van der Waals surface area contributed by atoms with Gasteiger partial charge in [-0.25, -0.2) is 14.2 Å². The fourth-order valence-corrected chi connectivity index (χ4v) is 3.80. The minimum atomic E-state index is -0.414. The van der Waals surface area contributed by atoms with Gasteiger partial charge in [-0.2, -0.15) is 5.10 Å². The summed E-state index contributed by atoms with van der Waals surface area (Å²) in [7, 11) is 3.91. The molecule has 1 aliphatic heterocycles. The van der Waals surface area contributed by atoms with Gasteiger partial charge in [0.2, 0.25) is 0 Å². The van der Waals surface area contributed by atoms with Crippen LogP contribution in [0.25, 0.3) is 0 Å². The molecule has 3 aromatic rings. The van der Waals surface area contributed by atoms with Gasteiger partial charge in [-0.15, -0.1) is 5.10 Å². The summed E-state index contributed by atoms with van der Waals surface area (Å²) in [5.74, 6) is -0.245. The van der Waals surface area contributed by atoms with E-state index in [9.17, 15) is 9.18 Å². The topological polar surface area (TPSA) is 82.9 Å². The molecule has 1 aromatic carbocycles. The van der Waals surface area contributed by atoms with Gasteiger partial charge < -0.3 is 9.80 Å². The molecule has 0 saturated heterocycles. The molecule has 4 rings (SSSR count). The minimum absolute atomic E-state index is 0.121. The third-order valence-electron chi connectivity index (χ3n) is 4.97. The molecule has 0 amide bonds. The van der Waals surface area contributed by atoms with Crippen molar-refractivity contribution in [2.45, 2.75) is 26.1 Å². The second-order valence-corrected chi connectivity index (χ2v) is 7.74. The lowest BCUT2D eigenvalue weighted by molar-refractivity contribution is 0.398. The van der Waals surface area contributed by atoms with Gasteiger partial charge in [0.05, 0.1) is 30.7 Å². The lowest BCUT2D eigenvalue weighted by Crippen LogP contribution is -2.32. The molecule has 3 heterocycles. The van der Waals surface area contributed by atoms with E-state index in [2.05, 4.69) is 20.5 Å². The van der Waals surface area contributed by atoms with Crippen LogP contribution in [0.4, 0.5) is 10.1 Å². The first-order valence-corrected chi connectivity index (χ1v) is 9.61. The monoisotopic (exact) mass is 417 g/mol. The summed E-state index contributed by atoms with van der Waals surface area (Å²) in [5.41, 5.74) is 3.99. The quantitative estimate of drug-likeness (QED) is 0.682. The van der Waals surface area contributed by atoms with Crippen LogP contribution in [-0.2, 0) is 26.1 Å². The maximum atomic E-state index is 13.7. The Morgan fingerprint density at radius 1 is 1.31 bits per heavy atom. The molecule has 1 N–H and O–H groups in total. The summed E-state index contributed by atoms with van der Waals surface area (Å²) >= 11 is 6.14. The van der Waals surface area contributed by atoms with Crippen LogP contribution in [0, 0.1) is 5.82 Å². The molecular formula is C19H21ClFN7O. The van der Waals surface area contributed by atoms with E-state index in [1.165, 1.54) is 6.07 Å². The molecule has 0 unspecified atom stereocenters. The van der Waals surface area contributed by atoms with Crippen molar-refractivity contribution in [2.24, 2.45) is 0 Å². The zero-order chi connectivity index (χ0) is 20.5. The third kappa shape index (κ3) is 4.01. The van der Waals surface area contributed by atoms with Gasteiger partial charge >= 0.3 is 0 Å². The lowest BCUT2D eigenvalue weighted by atomic mass is 10.1. The van der Waals surface area contributed by atoms with E-state index in [1.54, 1.807) is 18.3 Å². The van der Waals surface area contributed by atoms with Crippen LogP contribution in [0.3, 0.4) is 0 Å². The summed E-state index contributed by atoms with van der Waals surface area (Å²) in [6.45, 7) is 2.33. The van der Waals surface area contributed by atoms with Crippen LogP contribution in [0.2, 0.25) is 5.02 Å². The highest BCUT2D eigenvalue weighted by molar-refractivity contribution is 6.32. The predicted molar refractivity (Wildman–Crippen MR) is 108 cm³/mol. The SMILES string of the molecule is CN(C)Cc1cc(F)ccc1Cn1nnc2c1CCN(c1cn[nH]c(=O)c1Cl)C2. The van der Waals surface area contributed by atoms with Gasteiger partial charge in [-0.1, -0.05) is 22.9 Å². The van der Waals surface area contributed by atoms with E-state index in [1.807, 2.05) is 28.6 Å². The molecule has 10 heteroatoms. The number of nitrogens with one attached hydrogen (secondary N) is 1. The summed E-state index contributed by atoms with van der Waals surface area (Å²) in [4.78, 5) is 15.7. The largest absolute Gasteiger partial charge is 0.362 e. The molecule has 29 heavy (non-hydrogen) atoms. The van der Waals surface area contributed by atoms with Gasteiger partial charge in [0.25, 0.3) is 5.56 Å². The maximum absolute atomic E-state index is 13.7. The molecule has 152 valence electrons. The number of aromatic nitrogens is 5. The van der Waals surface area contributed by atoms with Crippen molar-refractivity contribution >= 4 is 17.3 Å². The zero-order valence-corrected chi connectivity index (χ0v) is 16.9. The van der Waals surface area contributed by atoms with Crippen molar-refractivity contribution < 1.29 is 4.39 Å². The highest BCUT2D eigenvalue weighted by Crippen LogP contribution is 2.27. The van der Waals surface area contributed by atoms with Crippen molar-refractivity contribution in [2.75, 3.05) is 25.5 Å². The summed E-state index contributed by atoms with van der Waals surface area (Å²) < 4.78 is 15.6. The van der Waals surface area contributed by atoms with E-state index >= 15 is 0 Å². The Balaban J connectivity index is 1.58. The standard InChI is InChI=1S/C19H21ClFN7O/c1-26(2)9-13-7-14(21)4-3-12(13)10-28-16-5-6-27(11-15(16)23-25-28)17-8-22-24-19(29)18(17)20/h3-4,7-8H,5-6,9-11H2,1-2H3,(H,24,29). The van der Waals surface area contributed by atoms with Gasteiger partial charge in [-0.05, 0) is 37.4 Å². The number of H-pyrrole nitrogens is 1. The second-order valence-electron chi connectivity index (χ2n) is 7.36. The number of hydrogen-bond acceptors (Lipinski definition) is 6. The van der Waals surface area contributed by atoms with Crippen LogP contribution >= 0.6 is 11.6 Å². The number of aromatic amines is 1. The average molecular weight is 418 g/mol. The molecule has 0 aliphatic carbocycles. The highest BCUT2D eigenvalue weighted by atomic mass is 35.5. The van der Waals surface area contributed by atoms with E-state index < -0.39 is 5.56 Å². The maximum Gasteiger partial charge on any atom is 0.285 e. The summed E-state index contributed by atoms with van der Waals surface area (Å²) in [5, 5.41) is 14.9. The van der Waals surface area contributed by atoms with Crippen molar-refractivity contribution in [1.29, 1.82) is 0 Å². The molecular weight excluding hydrogens is 397 g/mol. The normalized spacial score (nSPS) is 13.8. The first-order valence-electron chi connectivity index (χ1n) is 9.23. The van der Waals surface area contributed by atoms with Crippen molar-refractivity contribution in [1.82, 2.24) is 30.1 Å². The van der Waals surface area contributed by atoms with Crippen molar-refractivity contribution in [3.05, 3.63) is 68.1 Å². The van der Waals surface area contributed by atoms with E-state index in [0.717, 1.165) is 22.5 Å². The number of halogens is 2. The number of nitrogens with zero attached hydrogens (tertiary/aromatic N) is 6. The molecule has 0 radical (unpaired) electrons. The van der Waals surface area contributed by atoms with Gasteiger partial charge in [-0.3, -0.25) is 4.79 Å². The van der Waals surface area contributed by atoms with E-state index in [4.69, 9.17) is 11.6 Å². The molecule has 0 atom stereocenters. The lowest BCUT2D eigenvalue weighted by Gasteiger charge is -2.28. The van der Waals surface area contributed by atoms with Crippen LogP contribution in [0.1, 0.15) is 22.5 Å². The molecule has 0 saturated carbocycles. The van der Waals surface area contributed by atoms with E-state index in [0.29, 0.717) is 38.3 Å². The smallest absolute Gasteiger partial charge is 0.285 e. The summed E-state index contributed by atoms with van der Waals surface area (Å²) in [6, 6.07) is 4.85. The molecule has 8 nitrogen and oxygen atoms in total. The number of rotatable bonds is 5. The number of benzene rings is 1. The Hall–Kier alpha value is -2.78. The molecule has 0 bridgehead atoms. The van der Waals surface area contributed by atoms with Crippen LogP contribution in [-0.4, -0.2) is 50.7 Å². The Morgan fingerprint density at radius 2 is 2.14 bits per heavy atom. The first-order chi connectivity index (χ1) is 13.9. The fourth-order valence-electron chi connectivity index (χ4n) is 3.59. The second kappa shape index (κ2) is 7.92. The number of fused-ring (bicyclic) bond motifs is 1. The average Bonchev–Trinajstić information content (AvgIpc) is 3.08. The van der Waals surface area contributed by atoms with Crippen molar-refractivity contribution in [3.8, 4) is 0 Å². The van der Waals surface area contributed by atoms with Crippen molar-refractivity contribution in [3.63, 3.8) is 0 Å². The Labute approximate surface area is 171 Å². The zero-order valence-electron chi connectivity index (χ0n) is 16.2. The Kier molecular flexibility index (Phi) is 5.33. The van der Waals surface area contributed by atoms with Gasteiger partial charge in [0, 0.05) is 19.5 Å². The first kappa shape index (κ1) is 19.5. The van der Waals surface area contributed by atoms with Crippen LogP contribution in [0.15, 0.2) is 29.2 Å². The third-order valence-corrected chi connectivity index (χ3v) is 5.34.